The van der Waals surface area contributed by atoms with E-state index in [2.05, 4.69) is 15.4 Å². The van der Waals surface area contributed by atoms with Crippen LogP contribution in [-0.4, -0.2) is 65.6 Å². The molecule has 9 heteroatoms. The first-order valence-corrected chi connectivity index (χ1v) is 11.8. The van der Waals surface area contributed by atoms with E-state index in [1.165, 1.54) is 6.07 Å². The van der Waals surface area contributed by atoms with Crippen molar-refractivity contribution in [3.8, 4) is 33.9 Å². The highest BCUT2D eigenvalue weighted by Crippen LogP contribution is 2.43. The molecule has 1 aliphatic heterocycles. The van der Waals surface area contributed by atoms with Gasteiger partial charge in [-0.3, -0.25) is 9.69 Å². The van der Waals surface area contributed by atoms with Crippen LogP contribution in [0.15, 0.2) is 40.9 Å². The molecule has 0 bridgehead atoms. The summed E-state index contributed by atoms with van der Waals surface area (Å²) in [5, 5.41) is 27.7. The maximum atomic E-state index is 12.9. The predicted octanol–water partition coefficient (Wildman–Crippen LogP) is 3.06. The van der Waals surface area contributed by atoms with Gasteiger partial charge in [-0.25, -0.2) is 0 Å². The first kappa shape index (κ1) is 24.7. The molecule has 2 aromatic carbocycles. The molecular formula is C26H32N4O5. The van der Waals surface area contributed by atoms with Gasteiger partial charge in [0.25, 0.3) is 5.91 Å². The number of carbonyl (C=O) groups excluding carboxylic acids is 1. The Hall–Kier alpha value is -3.40. The summed E-state index contributed by atoms with van der Waals surface area (Å²) in [4.78, 5) is 15.2. The van der Waals surface area contributed by atoms with Crippen molar-refractivity contribution >= 4 is 5.91 Å². The van der Waals surface area contributed by atoms with Crippen molar-refractivity contribution in [3.05, 3.63) is 53.2 Å². The van der Waals surface area contributed by atoms with Crippen LogP contribution in [0.3, 0.4) is 0 Å². The monoisotopic (exact) mass is 480 g/mol. The largest absolute Gasteiger partial charge is 0.508 e. The lowest BCUT2D eigenvalue weighted by Gasteiger charge is -2.26. The number of morpholine rings is 1. The van der Waals surface area contributed by atoms with Gasteiger partial charge in [0.2, 0.25) is 0 Å². The van der Waals surface area contributed by atoms with Crippen LogP contribution in [0.1, 0.15) is 41.4 Å². The molecule has 0 radical (unpaired) electrons. The Labute approximate surface area is 204 Å². The van der Waals surface area contributed by atoms with Crippen LogP contribution >= 0.6 is 0 Å². The molecule has 3 aromatic rings. The van der Waals surface area contributed by atoms with Crippen LogP contribution in [0.2, 0.25) is 0 Å². The molecule has 0 unspecified atom stereocenters. The van der Waals surface area contributed by atoms with Gasteiger partial charge in [0.15, 0.2) is 11.5 Å². The number of carbonyl (C=O) groups is 1. The van der Waals surface area contributed by atoms with Gasteiger partial charge < -0.3 is 30.5 Å². The summed E-state index contributed by atoms with van der Waals surface area (Å²) in [6.07, 6.45) is 0. The Kier molecular flexibility index (Phi) is 7.70. The minimum absolute atomic E-state index is 0.00399. The lowest BCUT2D eigenvalue weighted by Crippen LogP contribution is -2.35. The number of phenolic OH excluding ortho intramolecular Hbond substituents is 2. The number of benzene rings is 2. The summed E-state index contributed by atoms with van der Waals surface area (Å²) in [5.41, 5.74) is 8.98. The first-order chi connectivity index (χ1) is 16.9. The summed E-state index contributed by atoms with van der Waals surface area (Å²) in [6.45, 7) is 8.52. The van der Waals surface area contributed by atoms with E-state index in [4.69, 9.17) is 15.0 Å². The molecular weight excluding hydrogens is 448 g/mol. The molecule has 4 rings (SSSR count). The second-order valence-electron chi connectivity index (χ2n) is 8.95. The smallest absolute Gasteiger partial charge is 0.274 e. The summed E-state index contributed by atoms with van der Waals surface area (Å²) in [7, 11) is 0. The van der Waals surface area contributed by atoms with Gasteiger partial charge >= 0.3 is 0 Å². The van der Waals surface area contributed by atoms with Crippen molar-refractivity contribution in [2.45, 2.75) is 26.3 Å². The fraction of sp³-hybridized carbons (Fsp3) is 0.385. The fourth-order valence-electron chi connectivity index (χ4n) is 4.20. The van der Waals surface area contributed by atoms with Crippen LogP contribution in [0.4, 0.5) is 0 Å². The third-order valence-electron chi connectivity index (χ3n) is 6.10. The Bertz CT molecular complexity index is 1170. The van der Waals surface area contributed by atoms with E-state index in [0.717, 1.165) is 44.0 Å². The molecule has 9 nitrogen and oxygen atoms in total. The molecule has 1 fully saturated rings. The minimum Gasteiger partial charge on any atom is -0.508 e. The quantitative estimate of drug-likeness (QED) is 0.387. The molecule has 1 aromatic heterocycles. The Balaban J connectivity index is 1.75. The third-order valence-corrected chi connectivity index (χ3v) is 6.10. The zero-order chi connectivity index (χ0) is 24.9. The molecule has 186 valence electrons. The number of nitrogens with zero attached hydrogens (tertiary/aromatic N) is 2. The summed E-state index contributed by atoms with van der Waals surface area (Å²) < 4.78 is 11.1. The second kappa shape index (κ2) is 10.9. The average molecular weight is 481 g/mol. The molecule has 5 N–H and O–H groups in total. The number of aromatic hydroxyl groups is 2. The number of ether oxygens (including phenoxy) is 1. The van der Waals surface area contributed by atoms with E-state index in [0.29, 0.717) is 29.8 Å². The number of amides is 1. The number of hydrogen-bond donors (Lipinski definition) is 4. The lowest BCUT2D eigenvalue weighted by atomic mass is 9.94. The van der Waals surface area contributed by atoms with Gasteiger partial charge in [0.05, 0.1) is 24.3 Å². The van der Waals surface area contributed by atoms with Crippen LogP contribution < -0.4 is 11.1 Å². The number of aromatic nitrogens is 1. The number of rotatable bonds is 8. The van der Waals surface area contributed by atoms with E-state index in [-0.39, 0.29) is 28.9 Å². The molecule has 0 atom stereocenters. The summed E-state index contributed by atoms with van der Waals surface area (Å²) in [5.74, 6) is -0.325. The first-order valence-electron chi connectivity index (χ1n) is 11.8. The van der Waals surface area contributed by atoms with Crippen molar-refractivity contribution in [2.75, 3.05) is 39.4 Å². The van der Waals surface area contributed by atoms with Crippen molar-refractivity contribution in [1.29, 1.82) is 0 Å². The molecule has 2 heterocycles. The predicted molar refractivity (Wildman–Crippen MR) is 132 cm³/mol. The van der Waals surface area contributed by atoms with E-state index in [1.807, 2.05) is 38.1 Å². The van der Waals surface area contributed by atoms with Gasteiger partial charge in [-0.2, -0.15) is 0 Å². The number of hydrogen-bond acceptors (Lipinski definition) is 8. The highest BCUT2D eigenvalue weighted by molar-refractivity contribution is 6.02. The fourth-order valence-corrected chi connectivity index (χ4v) is 4.20. The molecule has 0 aliphatic carbocycles. The van der Waals surface area contributed by atoms with Gasteiger partial charge in [-0.1, -0.05) is 43.3 Å². The second-order valence-corrected chi connectivity index (χ2v) is 8.95. The average Bonchev–Trinajstić information content (AvgIpc) is 3.28. The maximum absolute atomic E-state index is 12.9. The van der Waals surface area contributed by atoms with Gasteiger partial charge in [0, 0.05) is 38.8 Å². The zero-order valence-corrected chi connectivity index (χ0v) is 20.1. The number of phenols is 2. The highest BCUT2D eigenvalue weighted by atomic mass is 16.5. The number of nitrogens with one attached hydrogen (secondary N) is 1. The van der Waals surface area contributed by atoms with Crippen molar-refractivity contribution < 1.29 is 24.3 Å². The molecule has 35 heavy (non-hydrogen) atoms. The van der Waals surface area contributed by atoms with Gasteiger partial charge in [-0.15, -0.1) is 0 Å². The topological polar surface area (TPSA) is 134 Å². The zero-order valence-electron chi connectivity index (χ0n) is 20.1. The molecule has 1 amide bonds. The van der Waals surface area contributed by atoms with E-state index >= 15 is 0 Å². The minimum atomic E-state index is -0.416. The molecule has 1 saturated heterocycles. The SMILES string of the molecule is CC(C)c1cc(-c2onc(C(=O)NCCN)c2-c2ccc(CN3CCOCC3)cc2)c(O)cc1O. The van der Waals surface area contributed by atoms with E-state index in [9.17, 15) is 15.0 Å². The van der Waals surface area contributed by atoms with Crippen molar-refractivity contribution in [1.82, 2.24) is 15.4 Å². The Morgan fingerprint density at radius 1 is 1.14 bits per heavy atom. The summed E-state index contributed by atoms with van der Waals surface area (Å²) in [6, 6.07) is 10.8. The molecule has 0 saturated carbocycles. The van der Waals surface area contributed by atoms with Crippen LogP contribution in [0.5, 0.6) is 11.5 Å². The van der Waals surface area contributed by atoms with Crippen LogP contribution in [0.25, 0.3) is 22.5 Å². The standard InChI is InChI=1S/C26H32N4O5/c1-16(2)19-13-20(22(32)14-21(19)31)25-23(24(29-35-25)26(33)28-8-7-27)18-5-3-17(4-6-18)15-30-9-11-34-12-10-30/h3-6,13-14,16,31-32H,7-12,15,27H2,1-2H3,(H,28,33). The Morgan fingerprint density at radius 3 is 2.51 bits per heavy atom. The molecule has 1 aliphatic rings. The summed E-state index contributed by atoms with van der Waals surface area (Å²) >= 11 is 0. The van der Waals surface area contributed by atoms with Crippen molar-refractivity contribution in [3.63, 3.8) is 0 Å². The molecule has 0 spiro atoms. The third kappa shape index (κ3) is 5.48. The van der Waals surface area contributed by atoms with Gasteiger partial charge in [0.1, 0.15) is 11.5 Å². The van der Waals surface area contributed by atoms with Gasteiger partial charge in [-0.05, 0) is 28.7 Å². The van der Waals surface area contributed by atoms with Crippen LogP contribution in [-0.2, 0) is 11.3 Å². The normalized spacial score (nSPS) is 14.4. The van der Waals surface area contributed by atoms with Crippen LogP contribution in [0, 0.1) is 0 Å². The lowest BCUT2D eigenvalue weighted by molar-refractivity contribution is 0.0342. The Morgan fingerprint density at radius 2 is 1.86 bits per heavy atom. The number of nitrogens with two attached hydrogens (primary N) is 1. The highest BCUT2D eigenvalue weighted by Gasteiger charge is 2.27. The maximum Gasteiger partial charge on any atom is 0.274 e. The van der Waals surface area contributed by atoms with Crippen molar-refractivity contribution in [2.24, 2.45) is 5.73 Å². The van der Waals surface area contributed by atoms with E-state index in [1.54, 1.807) is 6.07 Å². The van der Waals surface area contributed by atoms with E-state index < -0.39 is 5.91 Å².